The second kappa shape index (κ2) is 5.52. The maximum Gasteiger partial charge on any atom is 0.326 e. The first-order valence-corrected chi connectivity index (χ1v) is 6.21. The number of nitrogens with two attached hydrogens (primary N) is 1. The Bertz CT molecular complexity index is 352. The number of amides is 1. The van der Waals surface area contributed by atoms with E-state index in [1.807, 2.05) is 13.8 Å². The van der Waals surface area contributed by atoms with E-state index in [9.17, 15) is 14.7 Å². The normalized spacial score (nSPS) is 24.4. The standard InChI is InChI=1S/C13H22N2O3/c1-4-6-9(14)11(16)15-8-5-7-13(2,3)10(15)12(17)18/h4,9-10H,1,5-8,14H2,2-3H3,(H,17,18). The van der Waals surface area contributed by atoms with Gasteiger partial charge < -0.3 is 15.7 Å². The van der Waals surface area contributed by atoms with Crippen LogP contribution in [0.5, 0.6) is 0 Å². The van der Waals surface area contributed by atoms with Gasteiger partial charge in [0, 0.05) is 6.54 Å². The van der Waals surface area contributed by atoms with E-state index in [0.29, 0.717) is 13.0 Å². The number of likely N-dealkylation sites (tertiary alicyclic amines) is 1. The number of hydrogen-bond acceptors (Lipinski definition) is 3. The quantitative estimate of drug-likeness (QED) is 0.733. The van der Waals surface area contributed by atoms with E-state index in [0.717, 1.165) is 12.8 Å². The lowest BCUT2D eigenvalue weighted by Gasteiger charge is -2.44. The average Bonchev–Trinajstić information content (AvgIpc) is 2.26. The van der Waals surface area contributed by atoms with Crippen LogP contribution >= 0.6 is 0 Å². The first-order chi connectivity index (χ1) is 8.31. The monoisotopic (exact) mass is 254 g/mol. The summed E-state index contributed by atoms with van der Waals surface area (Å²) in [6.45, 7) is 7.76. The minimum Gasteiger partial charge on any atom is -0.480 e. The molecule has 1 aliphatic rings. The highest BCUT2D eigenvalue weighted by atomic mass is 16.4. The summed E-state index contributed by atoms with van der Waals surface area (Å²) >= 11 is 0. The van der Waals surface area contributed by atoms with Crippen LogP contribution in [-0.2, 0) is 9.59 Å². The molecule has 2 atom stereocenters. The molecule has 102 valence electrons. The molecule has 1 aliphatic heterocycles. The Hall–Kier alpha value is -1.36. The molecule has 0 spiro atoms. The molecule has 1 fully saturated rings. The van der Waals surface area contributed by atoms with Crippen LogP contribution in [0.4, 0.5) is 0 Å². The van der Waals surface area contributed by atoms with Crippen molar-refractivity contribution in [1.82, 2.24) is 4.90 Å². The highest BCUT2D eigenvalue weighted by Gasteiger charge is 2.45. The zero-order chi connectivity index (χ0) is 13.9. The Morgan fingerprint density at radius 3 is 2.72 bits per heavy atom. The molecule has 2 unspecified atom stereocenters. The first kappa shape index (κ1) is 14.7. The summed E-state index contributed by atoms with van der Waals surface area (Å²) in [4.78, 5) is 25.0. The predicted octanol–water partition coefficient (Wildman–Crippen LogP) is 0.992. The van der Waals surface area contributed by atoms with Crippen LogP contribution in [0.3, 0.4) is 0 Å². The number of aliphatic carboxylic acids is 1. The van der Waals surface area contributed by atoms with Crippen molar-refractivity contribution in [3.8, 4) is 0 Å². The topological polar surface area (TPSA) is 83.6 Å². The Balaban J connectivity index is 2.94. The van der Waals surface area contributed by atoms with Crippen molar-refractivity contribution in [3.63, 3.8) is 0 Å². The van der Waals surface area contributed by atoms with Crippen LogP contribution in [0.15, 0.2) is 12.7 Å². The number of carbonyl (C=O) groups excluding carboxylic acids is 1. The molecular weight excluding hydrogens is 232 g/mol. The molecule has 1 saturated heterocycles. The zero-order valence-electron chi connectivity index (χ0n) is 11.1. The van der Waals surface area contributed by atoms with E-state index in [1.165, 1.54) is 4.90 Å². The number of carbonyl (C=O) groups is 2. The molecule has 0 aromatic rings. The zero-order valence-corrected chi connectivity index (χ0v) is 11.1. The summed E-state index contributed by atoms with van der Waals surface area (Å²) in [5.74, 6) is -1.26. The highest BCUT2D eigenvalue weighted by molar-refractivity contribution is 5.87. The van der Waals surface area contributed by atoms with Crippen molar-refractivity contribution in [2.24, 2.45) is 11.1 Å². The second-order valence-electron chi connectivity index (χ2n) is 5.50. The van der Waals surface area contributed by atoms with Crippen LogP contribution in [0, 0.1) is 5.41 Å². The number of hydrogen-bond donors (Lipinski definition) is 2. The summed E-state index contributed by atoms with van der Waals surface area (Å²) in [6.07, 6.45) is 3.54. The van der Waals surface area contributed by atoms with Crippen molar-refractivity contribution in [1.29, 1.82) is 0 Å². The lowest BCUT2D eigenvalue weighted by Crippen LogP contribution is -2.59. The second-order valence-corrected chi connectivity index (χ2v) is 5.50. The van der Waals surface area contributed by atoms with Gasteiger partial charge in [-0.05, 0) is 24.7 Å². The Morgan fingerprint density at radius 2 is 2.22 bits per heavy atom. The van der Waals surface area contributed by atoms with Crippen LogP contribution in [-0.4, -0.2) is 40.5 Å². The summed E-state index contributed by atoms with van der Waals surface area (Å²) < 4.78 is 0. The third-order valence-electron chi connectivity index (χ3n) is 3.53. The maximum absolute atomic E-state index is 12.2. The molecule has 0 aliphatic carbocycles. The van der Waals surface area contributed by atoms with E-state index in [1.54, 1.807) is 6.08 Å². The maximum atomic E-state index is 12.2. The Kier molecular flexibility index (Phi) is 4.51. The summed E-state index contributed by atoms with van der Waals surface area (Å²) in [6, 6.07) is -1.49. The van der Waals surface area contributed by atoms with Gasteiger partial charge in [-0.1, -0.05) is 19.9 Å². The van der Waals surface area contributed by atoms with Gasteiger partial charge in [0.2, 0.25) is 5.91 Å². The molecule has 0 saturated carbocycles. The summed E-state index contributed by atoms with van der Waals surface area (Å²) in [5, 5.41) is 9.35. The van der Waals surface area contributed by atoms with Crippen molar-refractivity contribution < 1.29 is 14.7 Å². The molecular formula is C13H22N2O3. The van der Waals surface area contributed by atoms with Gasteiger partial charge in [-0.25, -0.2) is 4.79 Å². The fourth-order valence-corrected chi connectivity index (χ4v) is 2.59. The van der Waals surface area contributed by atoms with Gasteiger partial charge >= 0.3 is 5.97 Å². The Morgan fingerprint density at radius 1 is 1.61 bits per heavy atom. The van der Waals surface area contributed by atoms with Gasteiger partial charge in [-0.2, -0.15) is 0 Å². The van der Waals surface area contributed by atoms with E-state index < -0.39 is 23.5 Å². The molecule has 0 bridgehead atoms. The minimum absolute atomic E-state index is 0.296. The lowest BCUT2D eigenvalue weighted by atomic mass is 9.76. The summed E-state index contributed by atoms with van der Waals surface area (Å²) in [5.41, 5.74) is 5.33. The number of rotatable bonds is 4. The average molecular weight is 254 g/mol. The lowest BCUT2D eigenvalue weighted by molar-refractivity contribution is -0.159. The fraction of sp³-hybridized carbons (Fsp3) is 0.692. The molecule has 5 heteroatoms. The number of carboxylic acid groups (broad SMARTS) is 1. The molecule has 5 nitrogen and oxygen atoms in total. The van der Waals surface area contributed by atoms with E-state index in [-0.39, 0.29) is 5.91 Å². The fourth-order valence-electron chi connectivity index (χ4n) is 2.59. The number of carboxylic acids is 1. The molecule has 1 amide bonds. The number of nitrogens with zero attached hydrogens (tertiary/aromatic N) is 1. The third kappa shape index (κ3) is 2.90. The van der Waals surface area contributed by atoms with E-state index in [2.05, 4.69) is 6.58 Å². The van der Waals surface area contributed by atoms with Crippen LogP contribution in [0.1, 0.15) is 33.1 Å². The molecule has 0 aromatic heterocycles. The van der Waals surface area contributed by atoms with Crippen molar-refractivity contribution in [3.05, 3.63) is 12.7 Å². The predicted molar refractivity (Wildman–Crippen MR) is 68.9 cm³/mol. The largest absolute Gasteiger partial charge is 0.480 e. The van der Waals surface area contributed by atoms with Gasteiger partial charge in [-0.15, -0.1) is 6.58 Å². The molecule has 18 heavy (non-hydrogen) atoms. The SMILES string of the molecule is C=CCC(N)C(=O)N1CCCC(C)(C)C1C(=O)O. The van der Waals surface area contributed by atoms with Gasteiger partial charge in [0.05, 0.1) is 6.04 Å². The van der Waals surface area contributed by atoms with Crippen molar-refractivity contribution in [2.75, 3.05) is 6.54 Å². The molecule has 1 rings (SSSR count). The summed E-state index contributed by atoms with van der Waals surface area (Å²) in [7, 11) is 0. The molecule has 3 N–H and O–H groups in total. The smallest absolute Gasteiger partial charge is 0.326 e. The highest BCUT2D eigenvalue weighted by Crippen LogP contribution is 2.35. The Labute approximate surface area is 108 Å². The van der Waals surface area contributed by atoms with Crippen LogP contribution in [0.25, 0.3) is 0 Å². The minimum atomic E-state index is -0.959. The van der Waals surface area contributed by atoms with Crippen LogP contribution in [0.2, 0.25) is 0 Å². The molecule has 0 aromatic carbocycles. The van der Waals surface area contributed by atoms with Gasteiger partial charge in [0.25, 0.3) is 0 Å². The van der Waals surface area contributed by atoms with Gasteiger partial charge in [0.15, 0.2) is 0 Å². The van der Waals surface area contributed by atoms with E-state index >= 15 is 0 Å². The van der Waals surface area contributed by atoms with Gasteiger partial charge in [-0.3, -0.25) is 4.79 Å². The van der Waals surface area contributed by atoms with Crippen molar-refractivity contribution in [2.45, 2.75) is 45.2 Å². The van der Waals surface area contributed by atoms with Crippen LogP contribution < -0.4 is 5.73 Å². The molecule has 1 heterocycles. The van der Waals surface area contributed by atoms with Crippen molar-refractivity contribution >= 4 is 11.9 Å². The first-order valence-electron chi connectivity index (χ1n) is 6.21. The number of piperidine rings is 1. The van der Waals surface area contributed by atoms with Gasteiger partial charge in [0.1, 0.15) is 6.04 Å². The third-order valence-corrected chi connectivity index (χ3v) is 3.53. The van der Waals surface area contributed by atoms with E-state index in [4.69, 9.17) is 5.73 Å². The molecule has 0 radical (unpaired) electrons.